The molecule has 220 valence electrons. The SMILES string of the molecule is CC(C)(C)CN(CC(=O)c1c(Cl)cnc2ccccc12)C(=O)c1cnn(C2CCC(C)(C(=O)O)CC2)c1C(F)(F)F. The van der Waals surface area contributed by atoms with E-state index >= 15 is 0 Å². The molecule has 0 atom stereocenters. The van der Waals surface area contributed by atoms with Gasteiger partial charge in [0.25, 0.3) is 5.91 Å². The predicted octanol–water partition coefficient (Wildman–Crippen LogP) is 6.68. The molecule has 0 unspecified atom stereocenters. The summed E-state index contributed by atoms with van der Waals surface area (Å²) in [5.74, 6) is -2.51. The van der Waals surface area contributed by atoms with E-state index in [0.29, 0.717) is 10.9 Å². The Labute approximate surface area is 240 Å². The number of para-hydroxylation sites is 1. The van der Waals surface area contributed by atoms with Gasteiger partial charge in [-0.1, -0.05) is 50.6 Å². The molecule has 4 rings (SSSR count). The van der Waals surface area contributed by atoms with Gasteiger partial charge in [0, 0.05) is 23.7 Å². The molecule has 1 aliphatic carbocycles. The summed E-state index contributed by atoms with van der Waals surface area (Å²) in [6.07, 6.45) is -2.00. The summed E-state index contributed by atoms with van der Waals surface area (Å²) in [7, 11) is 0. The highest BCUT2D eigenvalue weighted by atomic mass is 35.5. The molecule has 1 amide bonds. The zero-order valence-corrected chi connectivity index (χ0v) is 24.0. The van der Waals surface area contributed by atoms with E-state index < -0.39 is 58.5 Å². The summed E-state index contributed by atoms with van der Waals surface area (Å²) in [6, 6.07) is 6.11. The van der Waals surface area contributed by atoms with Crippen molar-refractivity contribution in [3.05, 3.63) is 58.5 Å². The number of carbonyl (C=O) groups is 3. The Morgan fingerprint density at radius 1 is 1.12 bits per heavy atom. The molecule has 1 N–H and O–H groups in total. The second-order valence-electron chi connectivity index (χ2n) is 12.1. The van der Waals surface area contributed by atoms with Gasteiger partial charge in [-0.25, -0.2) is 0 Å². The number of rotatable bonds is 7. The quantitative estimate of drug-likeness (QED) is 0.307. The molecule has 0 saturated heterocycles. The lowest BCUT2D eigenvalue weighted by molar-refractivity contribution is -0.152. The molecule has 0 bridgehead atoms. The zero-order valence-electron chi connectivity index (χ0n) is 23.3. The topological polar surface area (TPSA) is 105 Å². The van der Waals surface area contributed by atoms with Gasteiger partial charge in [-0.05, 0) is 44.1 Å². The van der Waals surface area contributed by atoms with Crippen LogP contribution >= 0.6 is 11.6 Å². The average Bonchev–Trinajstić information content (AvgIpc) is 3.33. The largest absolute Gasteiger partial charge is 0.481 e. The molecular formula is C29H32ClF3N4O4. The van der Waals surface area contributed by atoms with Crippen molar-refractivity contribution in [1.82, 2.24) is 19.7 Å². The maximum Gasteiger partial charge on any atom is 0.433 e. The number of amides is 1. The van der Waals surface area contributed by atoms with Crippen LogP contribution in [0.25, 0.3) is 10.9 Å². The zero-order chi connectivity index (χ0) is 30.3. The average molecular weight is 593 g/mol. The fourth-order valence-electron chi connectivity index (χ4n) is 5.37. The van der Waals surface area contributed by atoms with Crippen LogP contribution in [-0.4, -0.2) is 55.5 Å². The van der Waals surface area contributed by atoms with Crippen molar-refractivity contribution in [3.8, 4) is 0 Å². The van der Waals surface area contributed by atoms with Gasteiger partial charge in [0.15, 0.2) is 11.5 Å². The summed E-state index contributed by atoms with van der Waals surface area (Å²) in [5, 5.41) is 14.0. The van der Waals surface area contributed by atoms with Gasteiger partial charge in [0.2, 0.25) is 0 Å². The van der Waals surface area contributed by atoms with E-state index in [0.717, 1.165) is 15.8 Å². The number of pyridine rings is 1. The van der Waals surface area contributed by atoms with Crippen LogP contribution in [0.3, 0.4) is 0 Å². The van der Waals surface area contributed by atoms with E-state index in [1.165, 1.54) is 6.20 Å². The first kappa shape index (κ1) is 30.5. The molecule has 0 aliphatic heterocycles. The van der Waals surface area contributed by atoms with Gasteiger partial charge in [0.05, 0.1) is 40.3 Å². The minimum absolute atomic E-state index is 0.0128. The summed E-state index contributed by atoms with van der Waals surface area (Å²) in [5.41, 5.74) is -2.79. The van der Waals surface area contributed by atoms with Crippen LogP contribution in [0.2, 0.25) is 5.02 Å². The summed E-state index contributed by atoms with van der Waals surface area (Å²) in [4.78, 5) is 44.3. The third-order valence-corrected chi connectivity index (χ3v) is 7.80. The molecule has 3 aromatic rings. The van der Waals surface area contributed by atoms with Crippen molar-refractivity contribution < 1.29 is 32.7 Å². The molecule has 0 spiro atoms. The number of fused-ring (bicyclic) bond motifs is 1. The molecule has 1 aliphatic rings. The predicted molar refractivity (Wildman–Crippen MR) is 147 cm³/mol. The van der Waals surface area contributed by atoms with E-state index in [1.54, 1.807) is 31.2 Å². The highest BCUT2D eigenvalue weighted by Crippen LogP contribution is 2.43. The molecule has 12 heteroatoms. The van der Waals surface area contributed by atoms with Crippen LogP contribution in [0.4, 0.5) is 13.2 Å². The number of aromatic nitrogens is 3. The maximum absolute atomic E-state index is 14.5. The minimum Gasteiger partial charge on any atom is -0.481 e. The molecular weight excluding hydrogens is 561 g/mol. The number of carboxylic acid groups (broad SMARTS) is 1. The molecule has 1 fully saturated rings. The Balaban J connectivity index is 1.70. The van der Waals surface area contributed by atoms with Gasteiger partial charge in [-0.2, -0.15) is 18.3 Å². The van der Waals surface area contributed by atoms with Crippen LogP contribution in [0.15, 0.2) is 36.7 Å². The van der Waals surface area contributed by atoms with E-state index in [4.69, 9.17) is 11.6 Å². The summed E-state index contributed by atoms with van der Waals surface area (Å²) >= 11 is 6.34. The van der Waals surface area contributed by atoms with Crippen molar-refractivity contribution in [2.75, 3.05) is 13.1 Å². The van der Waals surface area contributed by atoms with Crippen molar-refractivity contribution in [3.63, 3.8) is 0 Å². The number of ketones is 1. The monoisotopic (exact) mass is 592 g/mol. The maximum atomic E-state index is 14.5. The van der Waals surface area contributed by atoms with Crippen LogP contribution in [0, 0.1) is 10.8 Å². The fourth-order valence-corrected chi connectivity index (χ4v) is 5.63. The molecule has 1 saturated carbocycles. The number of hydrogen-bond acceptors (Lipinski definition) is 5. The number of nitrogens with zero attached hydrogens (tertiary/aromatic N) is 4. The Hall–Kier alpha value is -3.47. The minimum atomic E-state index is -4.92. The number of benzene rings is 1. The summed E-state index contributed by atoms with van der Waals surface area (Å²) < 4.78 is 44.2. The molecule has 2 aromatic heterocycles. The lowest BCUT2D eigenvalue weighted by atomic mass is 9.74. The Morgan fingerprint density at radius 3 is 2.34 bits per heavy atom. The second-order valence-corrected chi connectivity index (χ2v) is 12.5. The Kier molecular flexibility index (Phi) is 8.23. The van der Waals surface area contributed by atoms with Crippen LogP contribution < -0.4 is 0 Å². The highest BCUT2D eigenvalue weighted by Gasteiger charge is 2.45. The number of hydrogen-bond donors (Lipinski definition) is 1. The lowest BCUT2D eigenvalue weighted by Gasteiger charge is -2.34. The highest BCUT2D eigenvalue weighted by molar-refractivity contribution is 6.35. The first-order valence-corrected chi connectivity index (χ1v) is 13.6. The first-order valence-electron chi connectivity index (χ1n) is 13.3. The number of Topliss-reactive ketones (excluding diaryl/α,β-unsaturated/α-hetero) is 1. The van der Waals surface area contributed by atoms with Crippen LogP contribution in [-0.2, 0) is 11.0 Å². The summed E-state index contributed by atoms with van der Waals surface area (Å²) in [6.45, 7) is 6.48. The number of carbonyl (C=O) groups excluding carboxylic acids is 2. The van der Waals surface area contributed by atoms with Gasteiger partial charge in [-0.3, -0.25) is 24.0 Å². The third-order valence-electron chi connectivity index (χ3n) is 7.51. The Bertz CT molecular complexity index is 1490. The van der Waals surface area contributed by atoms with Crippen molar-refractivity contribution in [2.24, 2.45) is 10.8 Å². The third kappa shape index (κ3) is 6.39. The molecule has 41 heavy (non-hydrogen) atoms. The van der Waals surface area contributed by atoms with Crippen molar-refractivity contribution in [2.45, 2.75) is 65.6 Å². The molecule has 1 aromatic carbocycles. The number of aliphatic carboxylic acids is 1. The van der Waals surface area contributed by atoms with E-state index in [1.807, 2.05) is 20.8 Å². The number of alkyl halides is 3. The lowest BCUT2D eigenvalue weighted by Crippen LogP contribution is -2.42. The van der Waals surface area contributed by atoms with Crippen molar-refractivity contribution in [1.29, 1.82) is 0 Å². The molecule has 2 heterocycles. The van der Waals surface area contributed by atoms with E-state index in [2.05, 4.69) is 10.1 Å². The van der Waals surface area contributed by atoms with Gasteiger partial charge < -0.3 is 10.0 Å². The van der Waals surface area contributed by atoms with Crippen LogP contribution in [0.5, 0.6) is 0 Å². The standard InChI is InChI=1S/C29H32ClF3N4O4/c1-27(2,3)16-36(15-22(38)23-18-7-5-6-8-21(18)34-14-20(23)30)25(39)19-13-35-37(24(19)29(31,32)33)17-9-11-28(4,12-10-17)26(40)41/h5-8,13-14,17H,9-12,15-16H2,1-4H3,(H,40,41). The number of halogens is 4. The number of carboxylic acids is 1. The van der Waals surface area contributed by atoms with E-state index in [9.17, 15) is 32.7 Å². The molecule has 8 nitrogen and oxygen atoms in total. The first-order chi connectivity index (χ1) is 19.0. The Morgan fingerprint density at radius 2 is 1.76 bits per heavy atom. The van der Waals surface area contributed by atoms with Gasteiger partial charge in [0.1, 0.15) is 0 Å². The van der Waals surface area contributed by atoms with Gasteiger partial charge in [-0.15, -0.1) is 0 Å². The van der Waals surface area contributed by atoms with Gasteiger partial charge >= 0.3 is 12.1 Å². The second kappa shape index (κ2) is 11.1. The van der Waals surface area contributed by atoms with E-state index in [-0.39, 0.29) is 42.8 Å². The normalized spacial score (nSPS) is 19.8. The molecule has 0 radical (unpaired) electrons. The smallest absolute Gasteiger partial charge is 0.433 e. The fraction of sp³-hybridized carbons (Fsp3) is 0.483. The van der Waals surface area contributed by atoms with Crippen molar-refractivity contribution >= 4 is 40.2 Å². The van der Waals surface area contributed by atoms with Crippen LogP contribution in [0.1, 0.15) is 85.8 Å².